The first kappa shape index (κ1) is 13.6. The Morgan fingerprint density at radius 3 is 2.55 bits per heavy atom. The van der Waals surface area contributed by atoms with Crippen LogP contribution in [0.2, 0.25) is 0 Å². The van der Waals surface area contributed by atoms with E-state index in [1.54, 1.807) is 0 Å². The fraction of sp³-hybridized carbons (Fsp3) is 0.588. The molecule has 1 aromatic rings. The summed E-state index contributed by atoms with van der Waals surface area (Å²) in [7, 11) is 0. The average Bonchev–Trinajstić information content (AvgIpc) is 2.35. The van der Waals surface area contributed by atoms with E-state index in [4.69, 9.17) is 0 Å². The van der Waals surface area contributed by atoms with Gasteiger partial charge in [-0.25, -0.2) is 0 Å². The quantitative estimate of drug-likeness (QED) is 0.862. The maximum atomic E-state index is 12.4. The minimum atomic E-state index is 0.0177. The Labute approximate surface area is 121 Å². The molecule has 1 aliphatic heterocycles. The van der Waals surface area contributed by atoms with E-state index >= 15 is 0 Å². The maximum absolute atomic E-state index is 12.4. The highest BCUT2D eigenvalue weighted by Crippen LogP contribution is 2.35. The Balaban J connectivity index is 1.62. The zero-order valence-corrected chi connectivity index (χ0v) is 12.2. The Morgan fingerprint density at radius 1 is 1.35 bits per heavy atom. The summed E-state index contributed by atoms with van der Waals surface area (Å²) in [5.74, 6) is 0.889. The third kappa shape index (κ3) is 2.73. The summed E-state index contributed by atoms with van der Waals surface area (Å²) >= 11 is 0. The first-order valence-electron chi connectivity index (χ1n) is 7.75. The van der Waals surface area contributed by atoms with Crippen LogP contribution in [0.25, 0.3) is 0 Å². The number of benzene rings is 1. The van der Waals surface area contributed by atoms with Gasteiger partial charge < -0.3 is 10.6 Å². The van der Waals surface area contributed by atoms with Gasteiger partial charge in [0.2, 0.25) is 5.91 Å². The summed E-state index contributed by atoms with van der Waals surface area (Å²) in [5.41, 5.74) is 1.34. The highest BCUT2D eigenvalue weighted by atomic mass is 16.2. The third-order valence-electron chi connectivity index (χ3n) is 5.02. The Bertz CT molecular complexity index is 463. The number of carbonyl (C=O) groups excluding carboxylic acids is 1. The highest BCUT2D eigenvalue weighted by Gasteiger charge is 2.40. The van der Waals surface area contributed by atoms with E-state index in [0.29, 0.717) is 5.92 Å². The topological polar surface area (TPSA) is 41.1 Å². The van der Waals surface area contributed by atoms with Crippen molar-refractivity contribution in [2.45, 2.75) is 38.1 Å². The van der Waals surface area contributed by atoms with Crippen molar-refractivity contribution < 1.29 is 4.79 Å². The van der Waals surface area contributed by atoms with E-state index in [-0.39, 0.29) is 17.4 Å². The average molecular weight is 272 g/mol. The molecule has 0 bridgehead atoms. The number of amides is 1. The molecule has 2 aliphatic rings. The maximum Gasteiger partial charge on any atom is 0.223 e. The second-order valence-corrected chi connectivity index (χ2v) is 6.49. The van der Waals surface area contributed by atoms with Gasteiger partial charge in [0.15, 0.2) is 0 Å². The molecule has 3 nitrogen and oxygen atoms in total. The van der Waals surface area contributed by atoms with Crippen LogP contribution in [-0.2, 0) is 11.2 Å². The van der Waals surface area contributed by atoms with Crippen molar-refractivity contribution in [3.63, 3.8) is 0 Å². The van der Waals surface area contributed by atoms with Gasteiger partial charge in [-0.1, -0.05) is 37.3 Å². The van der Waals surface area contributed by atoms with Crippen LogP contribution >= 0.6 is 0 Å². The summed E-state index contributed by atoms with van der Waals surface area (Å²) in [6.45, 7) is 4.04. The van der Waals surface area contributed by atoms with Crippen molar-refractivity contribution in [1.82, 2.24) is 10.6 Å². The molecule has 1 aromatic carbocycles. The Morgan fingerprint density at radius 2 is 2.05 bits per heavy atom. The van der Waals surface area contributed by atoms with Crippen LogP contribution in [0.3, 0.4) is 0 Å². The first-order chi connectivity index (χ1) is 9.69. The van der Waals surface area contributed by atoms with Crippen molar-refractivity contribution >= 4 is 5.91 Å². The van der Waals surface area contributed by atoms with Crippen molar-refractivity contribution in [3.05, 3.63) is 35.9 Å². The van der Waals surface area contributed by atoms with E-state index in [1.165, 1.54) is 12.0 Å². The summed E-state index contributed by atoms with van der Waals surface area (Å²) in [5, 5.41) is 6.61. The molecule has 3 heteroatoms. The lowest BCUT2D eigenvalue weighted by Crippen LogP contribution is -2.58. The standard InChI is InChI=1S/C17H24N2O/c1-13(15-11-18-12-15)16(20)19-17(8-5-9-17)10-14-6-3-2-4-7-14/h2-4,6-7,13,15,18H,5,8-12H2,1H3,(H,19,20). The number of carbonyl (C=O) groups is 1. The molecule has 0 radical (unpaired) electrons. The van der Waals surface area contributed by atoms with E-state index < -0.39 is 0 Å². The van der Waals surface area contributed by atoms with Crippen LogP contribution in [0.15, 0.2) is 30.3 Å². The number of hydrogen-bond donors (Lipinski definition) is 2. The second kappa shape index (κ2) is 5.57. The van der Waals surface area contributed by atoms with E-state index in [1.807, 2.05) is 6.07 Å². The molecular formula is C17H24N2O. The van der Waals surface area contributed by atoms with Gasteiger partial charge in [-0.2, -0.15) is 0 Å². The van der Waals surface area contributed by atoms with Gasteiger partial charge in [0.1, 0.15) is 0 Å². The van der Waals surface area contributed by atoms with E-state index in [9.17, 15) is 4.79 Å². The predicted octanol–water partition coefficient (Wildman–Crippen LogP) is 2.12. The molecule has 1 amide bonds. The zero-order chi connectivity index (χ0) is 14.0. The monoisotopic (exact) mass is 272 g/mol. The number of nitrogens with one attached hydrogen (secondary N) is 2. The normalized spacial score (nSPS) is 22.4. The van der Waals surface area contributed by atoms with Crippen LogP contribution in [-0.4, -0.2) is 24.5 Å². The van der Waals surface area contributed by atoms with Crippen LogP contribution in [0.4, 0.5) is 0 Å². The molecule has 2 fully saturated rings. The largest absolute Gasteiger partial charge is 0.350 e. The molecule has 0 spiro atoms. The molecule has 108 valence electrons. The molecule has 1 unspecified atom stereocenters. The smallest absolute Gasteiger partial charge is 0.223 e. The van der Waals surface area contributed by atoms with Crippen LogP contribution in [0.1, 0.15) is 31.7 Å². The number of hydrogen-bond acceptors (Lipinski definition) is 2. The third-order valence-corrected chi connectivity index (χ3v) is 5.02. The molecule has 1 saturated carbocycles. The Kier molecular flexibility index (Phi) is 3.79. The molecule has 1 saturated heterocycles. The van der Waals surface area contributed by atoms with Gasteiger partial charge in [-0.15, -0.1) is 0 Å². The summed E-state index contributed by atoms with van der Waals surface area (Å²) in [6, 6.07) is 10.5. The lowest BCUT2D eigenvalue weighted by molar-refractivity contribution is -0.129. The van der Waals surface area contributed by atoms with Crippen molar-refractivity contribution in [3.8, 4) is 0 Å². The van der Waals surface area contributed by atoms with Gasteiger partial charge in [0.25, 0.3) is 0 Å². The van der Waals surface area contributed by atoms with Gasteiger partial charge in [-0.3, -0.25) is 4.79 Å². The summed E-state index contributed by atoms with van der Waals surface area (Å²) in [4.78, 5) is 12.4. The summed E-state index contributed by atoms with van der Waals surface area (Å²) in [6.07, 6.45) is 4.42. The van der Waals surface area contributed by atoms with Crippen LogP contribution in [0, 0.1) is 11.8 Å². The van der Waals surface area contributed by atoms with E-state index in [2.05, 4.69) is 41.8 Å². The summed E-state index contributed by atoms with van der Waals surface area (Å²) < 4.78 is 0. The van der Waals surface area contributed by atoms with E-state index in [0.717, 1.165) is 32.4 Å². The van der Waals surface area contributed by atoms with Crippen LogP contribution in [0.5, 0.6) is 0 Å². The molecular weight excluding hydrogens is 248 g/mol. The molecule has 0 aromatic heterocycles. The van der Waals surface area contributed by atoms with Gasteiger partial charge in [-0.05, 0) is 50.3 Å². The SMILES string of the molecule is CC(C(=O)NC1(Cc2ccccc2)CCC1)C1CNC1. The fourth-order valence-electron chi connectivity index (χ4n) is 3.19. The molecule has 1 aliphatic carbocycles. The fourth-order valence-corrected chi connectivity index (χ4v) is 3.19. The Hall–Kier alpha value is -1.35. The van der Waals surface area contributed by atoms with Crippen molar-refractivity contribution in [2.75, 3.05) is 13.1 Å². The zero-order valence-electron chi connectivity index (χ0n) is 12.2. The minimum absolute atomic E-state index is 0.0177. The second-order valence-electron chi connectivity index (χ2n) is 6.49. The van der Waals surface area contributed by atoms with Gasteiger partial charge in [0, 0.05) is 11.5 Å². The molecule has 3 rings (SSSR count). The molecule has 2 N–H and O–H groups in total. The lowest BCUT2D eigenvalue weighted by Gasteiger charge is -2.44. The van der Waals surface area contributed by atoms with Crippen LogP contribution < -0.4 is 10.6 Å². The molecule has 20 heavy (non-hydrogen) atoms. The van der Waals surface area contributed by atoms with Crippen molar-refractivity contribution in [2.24, 2.45) is 11.8 Å². The minimum Gasteiger partial charge on any atom is -0.350 e. The first-order valence-corrected chi connectivity index (χ1v) is 7.75. The van der Waals surface area contributed by atoms with Gasteiger partial charge >= 0.3 is 0 Å². The lowest BCUT2D eigenvalue weighted by atomic mass is 9.72. The molecule has 1 heterocycles. The van der Waals surface area contributed by atoms with Gasteiger partial charge in [0.05, 0.1) is 0 Å². The number of rotatable bonds is 5. The predicted molar refractivity (Wildman–Crippen MR) is 80.4 cm³/mol. The molecule has 1 atom stereocenters. The highest BCUT2D eigenvalue weighted by molar-refractivity contribution is 5.79. The van der Waals surface area contributed by atoms with Crippen molar-refractivity contribution in [1.29, 1.82) is 0 Å².